The van der Waals surface area contributed by atoms with Crippen molar-refractivity contribution in [1.82, 2.24) is 5.32 Å². The van der Waals surface area contributed by atoms with Crippen LogP contribution in [0, 0.1) is 6.92 Å². The van der Waals surface area contributed by atoms with Crippen molar-refractivity contribution in [2.75, 3.05) is 5.73 Å². The first-order chi connectivity index (χ1) is 11.4. The summed E-state index contributed by atoms with van der Waals surface area (Å²) in [7, 11) is 0. The summed E-state index contributed by atoms with van der Waals surface area (Å²) >= 11 is 0. The van der Waals surface area contributed by atoms with E-state index in [1.54, 1.807) is 36.4 Å². The lowest BCUT2D eigenvalue weighted by molar-refractivity contribution is -0.0506. The molecule has 2 rings (SSSR count). The number of carbonyl (C=O) groups excluding carboxylic acids is 1. The maximum Gasteiger partial charge on any atom is 0.387 e. The standard InChI is InChI=1S/C18H20F2N2O2.ClH/c1-3-15(13-6-4-5-7-16(13)24-18(19)20)22-17(23)14-10-12(21)9-8-11(14)2;/h4-10,15,18H,3,21H2,1-2H3,(H,22,23);1H. The summed E-state index contributed by atoms with van der Waals surface area (Å²) in [5, 5.41) is 2.86. The van der Waals surface area contributed by atoms with E-state index in [0.29, 0.717) is 23.2 Å². The van der Waals surface area contributed by atoms with Gasteiger partial charge in [0.2, 0.25) is 0 Å². The molecule has 0 radical (unpaired) electrons. The molecular formula is C18H21ClF2N2O2. The van der Waals surface area contributed by atoms with Crippen molar-refractivity contribution in [2.45, 2.75) is 32.9 Å². The molecule has 1 atom stereocenters. The molecule has 7 heteroatoms. The van der Waals surface area contributed by atoms with E-state index in [-0.39, 0.29) is 24.1 Å². The van der Waals surface area contributed by atoms with E-state index in [2.05, 4.69) is 10.1 Å². The zero-order valence-electron chi connectivity index (χ0n) is 14.0. The predicted molar refractivity (Wildman–Crippen MR) is 96.4 cm³/mol. The van der Waals surface area contributed by atoms with Gasteiger partial charge in [0.25, 0.3) is 5.91 Å². The second kappa shape index (κ2) is 9.22. The quantitative estimate of drug-likeness (QED) is 0.737. The summed E-state index contributed by atoms with van der Waals surface area (Å²) in [6, 6.07) is 11.1. The molecule has 0 aliphatic carbocycles. The van der Waals surface area contributed by atoms with Crippen LogP contribution in [-0.4, -0.2) is 12.5 Å². The van der Waals surface area contributed by atoms with Crippen LogP contribution in [0.15, 0.2) is 42.5 Å². The number of hydrogen-bond donors (Lipinski definition) is 2. The Kier molecular flexibility index (Phi) is 7.64. The Morgan fingerprint density at radius 3 is 2.56 bits per heavy atom. The van der Waals surface area contributed by atoms with Crippen LogP contribution in [0.2, 0.25) is 0 Å². The highest BCUT2D eigenvalue weighted by Gasteiger charge is 2.20. The number of alkyl halides is 2. The highest BCUT2D eigenvalue weighted by molar-refractivity contribution is 5.96. The molecule has 0 saturated carbocycles. The molecule has 0 bridgehead atoms. The maximum absolute atomic E-state index is 12.6. The van der Waals surface area contributed by atoms with Crippen LogP contribution in [-0.2, 0) is 0 Å². The summed E-state index contributed by atoms with van der Waals surface area (Å²) in [4.78, 5) is 12.5. The lowest BCUT2D eigenvalue weighted by Gasteiger charge is -2.21. The van der Waals surface area contributed by atoms with Gasteiger partial charge in [-0.05, 0) is 37.1 Å². The Balaban J connectivity index is 0.00000312. The van der Waals surface area contributed by atoms with E-state index >= 15 is 0 Å². The van der Waals surface area contributed by atoms with Crippen molar-refractivity contribution in [3.05, 3.63) is 59.2 Å². The number of carbonyl (C=O) groups is 1. The predicted octanol–water partition coefficient (Wildman–Crippen LogP) is 4.48. The van der Waals surface area contributed by atoms with E-state index in [0.717, 1.165) is 5.56 Å². The number of nitrogens with two attached hydrogens (primary N) is 1. The summed E-state index contributed by atoms with van der Waals surface area (Å²) in [6.07, 6.45) is 0.525. The molecule has 1 amide bonds. The topological polar surface area (TPSA) is 64.4 Å². The van der Waals surface area contributed by atoms with Crippen molar-refractivity contribution >= 4 is 24.0 Å². The Hall–Kier alpha value is -2.34. The van der Waals surface area contributed by atoms with E-state index in [1.807, 2.05) is 13.8 Å². The summed E-state index contributed by atoms with van der Waals surface area (Å²) in [5.41, 5.74) is 7.98. The third-order valence-corrected chi connectivity index (χ3v) is 3.73. The fourth-order valence-electron chi connectivity index (χ4n) is 2.49. The molecule has 0 fully saturated rings. The fourth-order valence-corrected chi connectivity index (χ4v) is 2.49. The van der Waals surface area contributed by atoms with Gasteiger partial charge >= 0.3 is 6.61 Å². The number of halogens is 3. The molecular weight excluding hydrogens is 350 g/mol. The van der Waals surface area contributed by atoms with Gasteiger partial charge in [0.1, 0.15) is 5.75 Å². The van der Waals surface area contributed by atoms with Crippen LogP contribution in [0.1, 0.15) is 40.9 Å². The van der Waals surface area contributed by atoms with Crippen molar-refractivity contribution < 1.29 is 18.3 Å². The third kappa shape index (κ3) is 5.32. The second-order valence-corrected chi connectivity index (χ2v) is 5.42. The molecule has 25 heavy (non-hydrogen) atoms. The number of para-hydroxylation sites is 1. The number of aryl methyl sites for hydroxylation is 1. The molecule has 0 aliphatic heterocycles. The van der Waals surface area contributed by atoms with E-state index < -0.39 is 12.7 Å². The summed E-state index contributed by atoms with van der Waals surface area (Å²) < 4.78 is 29.7. The third-order valence-electron chi connectivity index (χ3n) is 3.73. The molecule has 1 unspecified atom stereocenters. The van der Waals surface area contributed by atoms with Crippen molar-refractivity contribution in [1.29, 1.82) is 0 Å². The SMILES string of the molecule is CCC(NC(=O)c1cc(N)ccc1C)c1ccccc1OC(F)F.Cl. The monoisotopic (exact) mass is 370 g/mol. The van der Waals surface area contributed by atoms with Gasteiger partial charge in [0.05, 0.1) is 6.04 Å². The zero-order valence-corrected chi connectivity index (χ0v) is 14.8. The number of ether oxygens (including phenoxy) is 1. The largest absolute Gasteiger partial charge is 0.434 e. The molecule has 4 nitrogen and oxygen atoms in total. The Labute approximate surface area is 151 Å². The number of nitrogens with one attached hydrogen (secondary N) is 1. The highest BCUT2D eigenvalue weighted by Crippen LogP contribution is 2.29. The first kappa shape index (κ1) is 20.7. The first-order valence-corrected chi connectivity index (χ1v) is 7.63. The first-order valence-electron chi connectivity index (χ1n) is 7.63. The van der Waals surface area contributed by atoms with Gasteiger partial charge in [0, 0.05) is 16.8 Å². The molecule has 136 valence electrons. The minimum Gasteiger partial charge on any atom is -0.434 e. The summed E-state index contributed by atoms with van der Waals surface area (Å²) in [5.74, 6) is -0.248. The van der Waals surface area contributed by atoms with Gasteiger partial charge in [0.15, 0.2) is 0 Å². The molecule has 0 aromatic heterocycles. The Bertz CT molecular complexity index is 726. The highest BCUT2D eigenvalue weighted by atomic mass is 35.5. The van der Waals surface area contributed by atoms with Crippen molar-refractivity contribution in [3.63, 3.8) is 0 Å². The number of rotatable bonds is 6. The van der Waals surface area contributed by atoms with Crippen LogP contribution in [0.3, 0.4) is 0 Å². The zero-order chi connectivity index (χ0) is 17.7. The van der Waals surface area contributed by atoms with E-state index in [9.17, 15) is 13.6 Å². The molecule has 3 N–H and O–H groups in total. The van der Waals surface area contributed by atoms with Gasteiger partial charge in [-0.1, -0.05) is 31.2 Å². The van der Waals surface area contributed by atoms with Crippen LogP contribution < -0.4 is 15.8 Å². The number of amides is 1. The van der Waals surface area contributed by atoms with Crippen molar-refractivity contribution in [3.8, 4) is 5.75 Å². The normalized spacial score (nSPS) is 11.6. The Morgan fingerprint density at radius 2 is 1.92 bits per heavy atom. The maximum atomic E-state index is 12.6. The molecule has 2 aromatic rings. The van der Waals surface area contributed by atoms with Gasteiger partial charge in [-0.15, -0.1) is 12.4 Å². The van der Waals surface area contributed by atoms with Gasteiger partial charge in [-0.25, -0.2) is 0 Å². The van der Waals surface area contributed by atoms with Gasteiger partial charge in [-0.3, -0.25) is 4.79 Å². The van der Waals surface area contributed by atoms with Crippen LogP contribution >= 0.6 is 12.4 Å². The summed E-state index contributed by atoms with van der Waals surface area (Å²) in [6.45, 7) is 0.745. The smallest absolute Gasteiger partial charge is 0.387 e. The molecule has 0 saturated heterocycles. The lowest BCUT2D eigenvalue weighted by Crippen LogP contribution is -2.29. The minimum absolute atomic E-state index is 0. The van der Waals surface area contributed by atoms with Crippen LogP contribution in [0.4, 0.5) is 14.5 Å². The molecule has 0 heterocycles. The molecule has 0 spiro atoms. The van der Waals surface area contributed by atoms with E-state index in [4.69, 9.17) is 5.73 Å². The van der Waals surface area contributed by atoms with Crippen LogP contribution in [0.25, 0.3) is 0 Å². The Morgan fingerprint density at radius 1 is 1.24 bits per heavy atom. The average molecular weight is 371 g/mol. The number of benzene rings is 2. The molecule has 2 aromatic carbocycles. The van der Waals surface area contributed by atoms with Crippen LogP contribution in [0.5, 0.6) is 5.75 Å². The average Bonchev–Trinajstić information content (AvgIpc) is 2.55. The van der Waals surface area contributed by atoms with Gasteiger partial charge < -0.3 is 15.8 Å². The fraction of sp³-hybridized carbons (Fsp3) is 0.278. The second-order valence-electron chi connectivity index (χ2n) is 5.42. The number of anilines is 1. The minimum atomic E-state index is -2.92. The van der Waals surface area contributed by atoms with Crippen molar-refractivity contribution in [2.24, 2.45) is 0 Å². The number of nitrogen functional groups attached to an aromatic ring is 1. The lowest BCUT2D eigenvalue weighted by atomic mass is 10.0. The molecule has 0 aliphatic rings. The van der Waals surface area contributed by atoms with E-state index in [1.165, 1.54) is 6.07 Å². The van der Waals surface area contributed by atoms with Gasteiger partial charge in [-0.2, -0.15) is 8.78 Å². The number of hydrogen-bond acceptors (Lipinski definition) is 3.